The lowest BCUT2D eigenvalue weighted by atomic mass is 10.1. The maximum atomic E-state index is 13.2. The molecule has 3 aromatic rings. The number of carbonyl (C=O) groups is 1. The van der Waals surface area contributed by atoms with Gasteiger partial charge in [-0.05, 0) is 79.5 Å². The highest BCUT2D eigenvalue weighted by Gasteiger charge is 2.22. The molecule has 0 radical (unpaired) electrons. The summed E-state index contributed by atoms with van der Waals surface area (Å²) in [7, 11) is -0.805. The fourth-order valence-electron chi connectivity index (χ4n) is 4.13. The zero-order valence-corrected chi connectivity index (χ0v) is 20.9. The molecule has 0 aromatic heterocycles. The summed E-state index contributed by atoms with van der Waals surface area (Å²) in [5.74, 6) is 0.315. The Balaban J connectivity index is 1.39. The van der Waals surface area contributed by atoms with Crippen LogP contribution in [0.15, 0.2) is 77.7 Å². The van der Waals surface area contributed by atoms with Gasteiger partial charge in [0.25, 0.3) is 15.9 Å². The molecule has 1 amide bonds. The lowest BCUT2D eigenvalue weighted by Crippen LogP contribution is -2.27. The summed E-state index contributed by atoms with van der Waals surface area (Å²) in [6.07, 6.45) is 2.54. The molecule has 1 aliphatic heterocycles. The number of rotatable bonds is 9. The van der Waals surface area contributed by atoms with Crippen LogP contribution >= 0.6 is 0 Å². The van der Waals surface area contributed by atoms with Crippen LogP contribution in [0.4, 0.5) is 5.69 Å². The van der Waals surface area contributed by atoms with E-state index < -0.39 is 10.0 Å². The first-order valence-corrected chi connectivity index (χ1v) is 13.1. The lowest BCUT2D eigenvalue weighted by molar-refractivity contribution is 0.0950. The van der Waals surface area contributed by atoms with E-state index in [2.05, 4.69) is 22.3 Å². The molecule has 7 nitrogen and oxygen atoms in total. The predicted molar refractivity (Wildman–Crippen MR) is 137 cm³/mol. The summed E-state index contributed by atoms with van der Waals surface area (Å²) in [5, 5.41) is 2.89. The van der Waals surface area contributed by atoms with Crippen molar-refractivity contribution < 1.29 is 17.9 Å². The first kappa shape index (κ1) is 24.8. The molecule has 0 bridgehead atoms. The average Bonchev–Trinajstić information content (AvgIpc) is 3.41. The summed E-state index contributed by atoms with van der Waals surface area (Å²) in [6.45, 7) is 3.63. The third-order valence-corrected chi connectivity index (χ3v) is 8.05. The molecule has 0 aliphatic carbocycles. The Bertz CT molecular complexity index is 1250. The minimum Gasteiger partial charge on any atom is -0.497 e. The van der Waals surface area contributed by atoms with Crippen molar-refractivity contribution in [1.82, 2.24) is 10.2 Å². The van der Waals surface area contributed by atoms with Crippen LogP contribution in [0.2, 0.25) is 0 Å². The molecule has 3 aromatic carbocycles. The third kappa shape index (κ3) is 6.01. The number of hydrogen-bond acceptors (Lipinski definition) is 5. The van der Waals surface area contributed by atoms with Crippen molar-refractivity contribution in [2.45, 2.75) is 30.8 Å². The van der Waals surface area contributed by atoms with Crippen LogP contribution in [-0.4, -0.2) is 46.5 Å². The molecule has 1 heterocycles. The smallest absolute Gasteiger partial charge is 0.264 e. The molecular formula is C27H31N3O4S. The highest BCUT2D eigenvalue weighted by atomic mass is 32.2. The Kier molecular flexibility index (Phi) is 7.73. The Labute approximate surface area is 207 Å². The zero-order valence-electron chi connectivity index (χ0n) is 20.1. The standard InChI is InChI=1S/C27H31N3O4S/c1-29(24-12-14-25(34-2)15-13-24)35(32,33)26-7-5-6-23(18-26)27(31)28-19-21-8-10-22(11-9-21)20-30-16-3-4-17-30/h5-15,18H,3-4,16-17,19-20H2,1-2H3,(H,28,31). The summed E-state index contributed by atoms with van der Waals surface area (Å²) in [6, 6.07) is 21.1. The van der Waals surface area contributed by atoms with Gasteiger partial charge in [0.1, 0.15) is 5.75 Å². The average molecular weight is 494 g/mol. The number of benzene rings is 3. The van der Waals surface area contributed by atoms with Gasteiger partial charge in [-0.15, -0.1) is 0 Å². The maximum Gasteiger partial charge on any atom is 0.264 e. The number of likely N-dealkylation sites (tertiary alicyclic amines) is 1. The Morgan fingerprint density at radius 1 is 0.971 bits per heavy atom. The van der Waals surface area contributed by atoms with E-state index in [1.165, 1.54) is 41.9 Å². The van der Waals surface area contributed by atoms with Gasteiger partial charge in [0.05, 0.1) is 17.7 Å². The fourth-order valence-corrected chi connectivity index (χ4v) is 5.37. The minimum absolute atomic E-state index is 0.0507. The van der Waals surface area contributed by atoms with E-state index in [4.69, 9.17) is 4.74 Å². The zero-order chi connectivity index (χ0) is 24.8. The Hall–Kier alpha value is -3.36. The van der Waals surface area contributed by atoms with Crippen LogP contribution in [0.5, 0.6) is 5.75 Å². The number of amides is 1. The highest BCUT2D eigenvalue weighted by molar-refractivity contribution is 7.92. The van der Waals surface area contributed by atoms with Crippen LogP contribution in [-0.2, 0) is 23.1 Å². The molecule has 1 saturated heterocycles. The van der Waals surface area contributed by atoms with E-state index in [0.29, 0.717) is 23.5 Å². The van der Waals surface area contributed by atoms with Crippen molar-refractivity contribution in [3.8, 4) is 5.75 Å². The van der Waals surface area contributed by atoms with Crippen molar-refractivity contribution in [2.75, 3.05) is 31.6 Å². The van der Waals surface area contributed by atoms with E-state index in [1.54, 1.807) is 43.5 Å². The lowest BCUT2D eigenvalue weighted by Gasteiger charge is -2.20. The van der Waals surface area contributed by atoms with Crippen molar-refractivity contribution in [2.24, 2.45) is 0 Å². The van der Waals surface area contributed by atoms with Crippen molar-refractivity contribution in [1.29, 1.82) is 0 Å². The van der Waals surface area contributed by atoms with E-state index in [0.717, 1.165) is 25.2 Å². The number of nitrogens with one attached hydrogen (secondary N) is 1. The van der Waals surface area contributed by atoms with Gasteiger partial charge in [-0.3, -0.25) is 14.0 Å². The van der Waals surface area contributed by atoms with Crippen LogP contribution in [0.1, 0.15) is 34.3 Å². The number of carbonyl (C=O) groups excluding carboxylic acids is 1. The molecule has 1 N–H and O–H groups in total. The first-order chi connectivity index (χ1) is 16.9. The maximum absolute atomic E-state index is 13.2. The SMILES string of the molecule is COc1ccc(N(C)S(=O)(=O)c2cccc(C(=O)NCc3ccc(CN4CCCC4)cc3)c2)cc1. The van der Waals surface area contributed by atoms with Crippen molar-refractivity contribution >= 4 is 21.6 Å². The minimum atomic E-state index is -3.84. The molecule has 1 aliphatic rings. The molecule has 1 fully saturated rings. The van der Waals surface area contributed by atoms with Gasteiger partial charge in [-0.1, -0.05) is 30.3 Å². The predicted octanol–water partition coefficient (Wildman–Crippen LogP) is 4.05. The molecule has 35 heavy (non-hydrogen) atoms. The molecule has 184 valence electrons. The van der Waals surface area contributed by atoms with Crippen LogP contribution in [0.3, 0.4) is 0 Å². The molecule has 0 unspecified atom stereocenters. The van der Waals surface area contributed by atoms with Crippen LogP contribution in [0.25, 0.3) is 0 Å². The van der Waals surface area contributed by atoms with E-state index in [-0.39, 0.29) is 10.8 Å². The molecule has 0 saturated carbocycles. The second-order valence-electron chi connectivity index (χ2n) is 8.68. The van der Waals surface area contributed by atoms with Crippen LogP contribution in [0, 0.1) is 0 Å². The molecule has 0 atom stereocenters. The number of sulfonamides is 1. The van der Waals surface area contributed by atoms with E-state index in [1.807, 2.05) is 12.1 Å². The Morgan fingerprint density at radius 2 is 1.63 bits per heavy atom. The third-order valence-electron chi connectivity index (χ3n) is 6.27. The number of methoxy groups -OCH3 is 1. The summed E-state index contributed by atoms with van der Waals surface area (Å²) < 4.78 is 32.6. The molecule has 4 rings (SSSR count). The number of ether oxygens (including phenoxy) is 1. The van der Waals surface area contributed by atoms with Gasteiger partial charge in [0.2, 0.25) is 0 Å². The van der Waals surface area contributed by atoms with E-state index >= 15 is 0 Å². The summed E-state index contributed by atoms with van der Waals surface area (Å²) in [4.78, 5) is 15.3. The highest BCUT2D eigenvalue weighted by Crippen LogP contribution is 2.25. The fraction of sp³-hybridized carbons (Fsp3) is 0.296. The van der Waals surface area contributed by atoms with Gasteiger partial charge in [0, 0.05) is 25.7 Å². The van der Waals surface area contributed by atoms with Gasteiger partial charge < -0.3 is 10.1 Å². The van der Waals surface area contributed by atoms with Crippen molar-refractivity contribution in [3.05, 3.63) is 89.5 Å². The van der Waals surface area contributed by atoms with Gasteiger partial charge >= 0.3 is 0 Å². The molecule has 0 spiro atoms. The number of hydrogen-bond donors (Lipinski definition) is 1. The van der Waals surface area contributed by atoms with E-state index in [9.17, 15) is 13.2 Å². The monoisotopic (exact) mass is 493 g/mol. The molecular weight excluding hydrogens is 462 g/mol. The first-order valence-electron chi connectivity index (χ1n) is 11.7. The second kappa shape index (κ2) is 10.9. The molecule has 8 heteroatoms. The quantitative estimate of drug-likeness (QED) is 0.487. The summed E-state index contributed by atoms with van der Waals surface area (Å²) in [5.41, 5.74) is 3.04. The number of nitrogens with zero attached hydrogens (tertiary/aromatic N) is 2. The largest absolute Gasteiger partial charge is 0.497 e. The van der Waals surface area contributed by atoms with Crippen molar-refractivity contribution in [3.63, 3.8) is 0 Å². The summed E-state index contributed by atoms with van der Waals surface area (Å²) >= 11 is 0. The second-order valence-corrected chi connectivity index (χ2v) is 10.7. The Morgan fingerprint density at radius 3 is 2.29 bits per heavy atom. The number of anilines is 1. The topological polar surface area (TPSA) is 78.9 Å². The van der Waals surface area contributed by atoms with Gasteiger partial charge in [-0.25, -0.2) is 8.42 Å². The van der Waals surface area contributed by atoms with Gasteiger partial charge in [-0.2, -0.15) is 0 Å². The van der Waals surface area contributed by atoms with Crippen LogP contribution < -0.4 is 14.4 Å². The normalized spacial score (nSPS) is 14.0. The van der Waals surface area contributed by atoms with Gasteiger partial charge in [0.15, 0.2) is 0 Å².